The van der Waals surface area contributed by atoms with Crippen LogP contribution >= 0.6 is 0 Å². The summed E-state index contributed by atoms with van der Waals surface area (Å²) in [5.41, 5.74) is 3.98. The highest BCUT2D eigenvalue weighted by molar-refractivity contribution is 5.96. The number of rotatable bonds is 3. The lowest BCUT2D eigenvalue weighted by Crippen LogP contribution is -2.32. The van der Waals surface area contributed by atoms with Crippen molar-refractivity contribution >= 4 is 11.6 Å². The monoisotopic (exact) mass is 306 g/mol. The second-order valence-electron chi connectivity index (χ2n) is 7.13. The van der Waals surface area contributed by atoms with Crippen molar-refractivity contribution in [2.75, 3.05) is 5.32 Å². The van der Waals surface area contributed by atoms with E-state index < -0.39 is 0 Å². The van der Waals surface area contributed by atoms with Gasteiger partial charge in [-0.3, -0.25) is 9.78 Å². The van der Waals surface area contributed by atoms with Crippen LogP contribution in [0.15, 0.2) is 42.6 Å². The molecule has 3 heteroatoms. The number of benzene rings is 1. The van der Waals surface area contributed by atoms with Gasteiger partial charge in [-0.15, -0.1) is 0 Å². The number of carbonyl (C=O) groups is 1. The molecule has 3 nitrogen and oxygen atoms in total. The molecule has 0 atom stereocenters. The first-order valence-corrected chi connectivity index (χ1v) is 8.50. The molecule has 0 unspecified atom stereocenters. The minimum absolute atomic E-state index is 0.0965. The van der Waals surface area contributed by atoms with Crippen molar-refractivity contribution in [1.29, 1.82) is 0 Å². The Bertz CT molecular complexity index is 731. The highest BCUT2D eigenvalue weighted by Gasteiger charge is 2.49. The molecule has 2 aliphatic rings. The number of aromatic nitrogens is 1. The molecule has 2 aliphatic carbocycles. The Balaban J connectivity index is 1.59. The number of anilines is 1. The van der Waals surface area contributed by atoms with E-state index in [0.717, 1.165) is 42.1 Å². The van der Waals surface area contributed by atoms with Crippen LogP contribution in [0.25, 0.3) is 11.3 Å². The van der Waals surface area contributed by atoms with E-state index >= 15 is 0 Å². The van der Waals surface area contributed by atoms with Gasteiger partial charge in [-0.2, -0.15) is 0 Å². The minimum atomic E-state index is -0.0965. The summed E-state index contributed by atoms with van der Waals surface area (Å²) in [5, 5.41) is 3.17. The first-order valence-electron chi connectivity index (χ1n) is 8.50. The fourth-order valence-corrected chi connectivity index (χ4v) is 4.27. The molecule has 0 saturated heterocycles. The van der Waals surface area contributed by atoms with Gasteiger partial charge in [-0.1, -0.05) is 12.1 Å². The molecule has 0 spiro atoms. The van der Waals surface area contributed by atoms with Crippen molar-refractivity contribution in [1.82, 2.24) is 4.98 Å². The molecule has 1 heterocycles. The maximum atomic E-state index is 12.8. The standard InChI is InChI=1S/C20H22N2O/c1-14-5-6-16(12-17(14)18-4-2-3-11-21-18)22-19(23)20-9-7-15(13-20)8-10-20/h2-6,11-12,15H,7-10,13H2,1H3,(H,22,23). The van der Waals surface area contributed by atoms with Crippen molar-refractivity contribution < 1.29 is 4.79 Å². The van der Waals surface area contributed by atoms with Gasteiger partial charge in [-0.05, 0) is 74.8 Å². The molecule has 2 fully saturated rings. The van der Waals surface area contributed by atoms with Crippen LogP contribution in [0.2, 0.25) is 0 Å². The van der Waals surface area contributed by atoms with Crippen molar-refractivity contribution in [3.63, 3.8) is 0 Å². The molecule has 1 N–H and O–H groups in total. The number of fused-ring (bicyclic) bond motifs is 2. The molecule has 0 aliphatic heterocycles. The van der Waals surface area contributed by atoms with E-state index in [-0.39, 0.29) is 11.3 Å². The third-order valence-electron chi connectivity index (χ3n) is 5.66. The summed E-state index contributed by atoms with van der Waals surface area (Å²) < 4.78 is 0. The molecular weight excluding hydrogens is 284 g/mol. The lowest BCUT2D eigenvalue weighted by atomic mass is 9.83. The van der Waals surface area contributed by atoms with E-state index in [2.05, 4.69) is 23.3 Å². The van der Waals surface area contributed by atoms with E-state index in [9.17, 15) is 4.79 Å². The van der Waals surface area contributed by atoms with Crippen LogP contribution in [0.4, 0.5) is 5.69 Å². The Morgan fingerprint density at radius 1 is 1.22 bits per heavy atom. The van der Waals surface area contributed by atoms with Gasteiger partial charge in [-0.25, -0.2) is 0 Å². The number of aryl methyl sites for hydroxylation is 1. The molecule has 1 amide bonds. The molecular formula is C20H22N2O. The Kier molecular flexibility index (Phi) is 3.44. The minimum Gasteiger partial charge on any atom is -0.326 e. The van der Waals surface area contributed by atoms with Gasteiger partial charge < -0.3 is 5.32 Å². The molecule has 1 aromatic carbocycles. The maximum absolute atomic E-state index is 12.8. The zero-order valence-electron chi connectivity index (χ0n) is 13.5. The topological polar surface area (TPSA) is 42.0 Å². The number of nitrogens with zero attached hydrogens (tertiary/aromatic N) is 1. The van der Waals surface area contributed by atoms with Gasteiger partial charge in [0.2, 0.25) is 5.91 Å². The van der Waals surface area contributed by atoms with Crippen molar-refractivity contribution in [2.24, 2.45) is 11.3 Å². The normalized spacial score (nSPS) is 25.5. The highest BCUT2D eigenvalue weighted by Crippen LogP contribution is 2.54. The van der Waals surface area contributed by atoms with E-state index in [4.69, 9.17) is 0 Å². The highest BCUT2D eigenvalue weighted by atomic mass is 16.2. The first kappa shape index (κ1) is 14.4. The zero-order valence-corrected chi connectivity index (χ0v) is 13.5. The van der Waals surface area contributed by atoms with Crippen molar-refractivity contribution in [3.8, 4) is 11.3 Å². The summed E-state index contributed by atoms with van der Waals surface area (Å²) in [6, 6.07) is 12.0. The van der Waals surface area contributed by atoms with Crippen LogP contribution in [-0.2, 0) is 4.79 Å². The molecule has 2 saturated carbocycles. The Labute approximate surface area is 137 Å². The SMILES string of the molecule is Cc1ccc(NC(=O)C23CCC(CC2)C3)cc1-c1ccccn1. The van der Waals surface area contributed by atoms with Gasteiger partial charge >= 0.3 is 0 Å². The number of hydrogen-bond acceptors (Lipinski definition) is 2. The smallest absolute Gasteiger partial charge is 0.230 e. The van der Waals surface area contributed by atoms with Gasteiger partial charge in [0, 0.05) is 22.9 Å². The van der Waals surface area contributed by atoms with Gasteiger partial charge in [0.15, 0.2) is 0 Å². The third kappa shape index (κ3) is 2.54. The van der Waals surface area contributed by atoms with E-state index in [0.29, 0.717) is 0 Å². The van der Waals surface area contributed by atoms with Crippen LogP contribution in [0.5, 0.6) is 0 Å². The fourth-order valence-electron chi connectivity index (χ4n) is 4.27. The predicted octanol–water partition coefficient (Wildman–Crippen LogP) is 4.58. The summed E-state index contributed by atoms with van der Waals surface area (Å²) in [5.74, 6) is 0.996. The second-order valence-corrected chi connectivity index (χ2v) is 7.13. The largest absolute Gasteiger partial charge is 0.326 e. The summed E-state index contributed by atoms with van der Waals surface area (Å²) >= 11 is 0. The summed E-state index contributed by atoms with van der Waals surface area (Å²) in [6.45, 7) is 2.08. The number of hydrogen-bond donors (Lipinski definition) is 1. The lowest BCUT2D eigenvalue weighted by Gasteiger charge is -2.25. The van der Waals surface area contributed by atoms with Crippen LogP contribution in [0.1, 0.15) is 37.7 Å². The summed E-state index contributed by atoms with van der Waals surface area (Å²) in [7, 11) is 0. The molecule has 1 aromatic heterocycles. The van der Waals surface area contributed by atoms with Crippen LogP contribution in [-0.4, -0.2) is 10.9 Å². The number of nitrogens with one attached hydrogen (secondary N) is 1. The average molecular weight is 306 g/mol. The van der Waals surface area contributed by atoms with Crippen LogP contribution < -0.4 is 5.32 Å². The Hall–Kier alpha value is -2.16. The lowest BCUT2D eigenvalue weighted by molar-refractivity contribution is -0.125. The number of carbonyl (C=O) groups excluding carboxylic acids is 1. The van der Waals surface area contributed by atoms with Gasteiger partial charge in [0.25, 0.3) is 0 Å². The molecule has 2 aromatic rings. The van der Waals surface area contributed by atoms with Crippen LogP contribution in [0.3, 0.4) is 0 Å². The van der Waals surface area contributed by atoms with E-state index in [1.165, 1.54) is 18.4 Å². The zero-order chi connectivity index (χ0) is 15.9. The third-order valence-corrected chi connectivity index (χ3v) is 5.66. The Morgan fingerprint density at radius 3 is 2.70 bits per heavy atom. The maximum Gasteiger partial charge on any atom is 0.230 e. The fraction of sp³-hybridized carbons (Fsp3) is 0.400. The first-order chi connectivity index (χ1) is 11.2. The predicted molar refractivity (Wildman–Crippen MR) is 92.0 cm³/mol. The second kappa shape index (κ2) is 5.48. The Morgan fingerprint density at radius 2 is 2.04 bits per heavy atom. The van der Waals surface area contributed by atoms with Crippen molar-refractivity contribution in [2.45, 2.75) is 39.0 Å². The van der Waals surface area contributed by atoms with Gasteiger partial charge in [0.05, 0.1) is 5.69 Å². The van der Waals surface area contributed by atoms with E-state index in [1.807, 2.05) is 30.3 Å². The van der Waals surface area contributed by atoms with Crippen molar-refractivity contribution in [3.05, 3.63) is 48.2 Å². The number of amides is 1. The average Bonchev–Trinajstić information content (AvgIpc) is 3.20. The molecule has 4 rings (SSSR count). The van der Waals surface area contributed by atoms with Gasteiger partial charge in [0.1, 0.15) is 0 Å². The molecule has 118 valence electrons. The summed E-state index contributed by atoms with van der Waals surface area (Å²) in [6.07, 6.45) is 7.44. The van der Waals surface area contributed by atoms with E-state index in [1.54, 1.807) is 6.20 Å². The number of pyridine rings is 1. The quantitative estimate of drug-likeness (QED) is 0.902. The molecule has 23 heavy (non-hydrogen) atoms. The molecule has 2 bridgehead atoms. The molecule has 0 radical (unpaired) electrons. The summed E-state index contributed by atoms with van der Waals surface area (Å²) in [4.78, 5) is 17.2. The van der Waals surface area contributed by atoms with Crippen LogP contribution in [0, 0.1) is 18.3 Å².